The van der Waals surface area contributed by atoms with Gasteiger partial charge in [-0.3, -0.25) is 4.90 Å². The van der Waals surface area contributed by atoms with Crippen molar-refractivity contribution in [2.45, 2.75) is 13.1 Å². The van der Waals surface area contributed by atoms with Gasteiger partial charge in [0.2, 0.25) is 5.76 Å². The van der Waals surface area contributed by atoms with E-state index in [0.29, 0.717) is 6.54 Å². The number of hydrogen-bond donors (Lipinski definition) is 0. The van der Waals surface area contributed by atoms with Gasteiger partial charge in [-0.15, -0.1) is 0 Å². The summed E-state index contributed by atoms with van der Waals surface area (Å²) in [6.07, 6.45) is 1.49. The van der Waals surface area contributed by atoms with Crippen LogP contribution in [0.25, 0.3) is 0 Å². The highest BCUT2D eigenvalue weighted by Gasteiger charge is 2.16. The van der Waals surface area contributed by atoms with Gasteiger partial charge in [0, 0.05) is 23.7 Å². The number of hydrogen-bond acceptors (Lipinski definition) is 4. The number of carbonyl (C=O) groups is 1. The smallest absolute Gasteiger partial charge is 0.374 e. The number of nitrogens with zero attached hydrogens (tertiary/aromatic N) is 1. The molecular formula is C15H16ClNO3. The predicted molar refractivity (Wildman–Crippen MR) is 76.7 cm³/mol. The zero-order valence-electron chi connectivity index (χ0n) is 11.4. The van der Waals surface area contributed by atoms with Crippen molar-refractivity contribution < 1.29 is 13.9 Å². The molecule has 0 amide bonds. The molecule has 0 saturated carbocycles. The lowest BCUT2D eigenvalue weighted by Crippen LogP contribution is -2.18. The van der Waals surface area contributed by atoms with E-state index in [4.69, 9.17) is 16.0 Å². The summed E-state index contributed by atoms with van der Waals surface area (Å²) in [5.74, 6) is -0.202. The average Bonchev–Trinajstić information content (AvgIpc) is 2.85. The van der Waals surface area contributed by atoms with Gasteiger partial charge in [0.1, 0.15) is 0 Å². The molecular weight excluding hydrogens is 278 g/mol. The maximum Gasteiger partial charge on any atom is 0.374 e. The Labute approximate surface area is 122 Å². The van der Waals surface area contributed by atoms with Gasteiger partial charge >= 0.3 is 5.97 Å². The topological polar surface area (TPSA) is 42.7 Å². The van der Waals surface area contributed by atoms with Crippen molar-refractivity contribution in [1.29, 1.82) is 0 Å². The molecule has 0 radical (unpaired) electrons. The van der Waals surface area contributed by atoms with Gasteiger partial charge in [0.15, 0.2) is 0 Å². The van der Waals surface area contributed by atoms with Crippen LogP contribution in [-0.2, 0) is 17.8 Å². The number of furan rings is 1. The van der Waals surface area contributed by atoms with Crippen LogP contribution in [0.4, 0.5) is 0 Å². The second kappa shape index (κ2) is 6.59. The van der Waals surface area contributed by atoms with Crippen molar-refractivity contribution in [3.63, 3.8) is 0 Å². The molecule has 0 fully saturated rings. The molecule has 0 aliphatic rings. The van der Waals surface area contributed by atoms with E-state index < -0.39 is 5.97 Å². The number of halogens is 1. The SMILES string of the molecule is COC(=O)c1occc1CN(C)Cc1cccc(Cl)c1. The normalized spacial score (nSPS) is 10.8. The summed E-state index contributed by atoms with van der Waals surface area (Å²) in [4.78, 5) is 13.6. The van der Waals surface area contributed by atoms with E-state index >= 15 is 0 Å². The quantitative estimate of drug-likeness (QED) is 0.793. The molecule has 0 aliphatic carbocycles. The fourth-order valence-electron chi connectivity index (χ4n) is 2.03. The molecule has 0 N–H and O–H groups in total. The summed E-state index contributed by atoms with van der Waals surface area (Å²) in [5, 5.41) is 0.717. The average molecular weight is 294 g/mol. The van der Waals surface area contributed by atoms with Gasteiger partial charge < -0.3 is 9.15 Å². The molecule has 0 bridgehead atoms. The van der Waals surface area contributed by atoms with E-state index in [1.807, 2.05) is 31.3 Å². The van der Waals surface area contributed by atoms with Crippen molar-refractivity contribution in [1.82, 2.24) is 4.90 Å². The highest BCUT2D eigenvalue weighted by atomic mass is 35.5. The van der Waals surface area contributed by atoms with Crippen molar-refractivity contribution >= 4 is 17.6 Å². The lowest BCUT2D eigenvalue weighted by Gasteiger charge is -2.16. The number of rotatable bonds is 5. The van der Waals surface area contributed by atoms with Gasteiger partial charge in [0.25, 0.3) is 0 Å². The van der Waals surface area contributed by atoms with E-state index in [2.05, 4.69) is 9.64 Å². The van der Waals surface area contributed by atoms with Gasteiger partial charge in [-0.05, 0) is 30.8 Å². The van der Waals surface area contributed by atoms with Crippen LogP contribution in [0, 0.1) is 0 Å². The molecule has 20 heavy (non-hydrogen) atoms. The van der Waals surface area contributed by atoms with Crippen LogP contribution in [0.5, 0.6) is 0 Å². The first kappa shape index (κ1) is 14.6. The third-order valence-corrected chi connectivity index (χ3v) is 3.13. The van der Waals surface area contributed by atoms with Crippen LogP contribution >= 0.6 is 11.6 Å². The maximum absolute atomic E-state index is 11.5. The standard InChI is InChI=1S/C15H16ClNO3/c1-17(9-11-4-3-5-13(16)8-11)10-12-6-7-20-14(12)15(18)19-2/h3-8H,9-10H2,1-2H3. The molecule has 0 atom stereocenters. The summed E-state index contributed by atoms with van der Waals surface area (Å²) >= 11 is 5.96. The van der Waals surface area contributed by atoms with E-state index in [-0.39, 0.29) is 5.76 Å². The number of methoxy groups -OCH3 is 1. The molecule has 2 aromatic rings. The van der Waals surface area contributed by atoms with Crippen molar-refractivity contribution in [2.75, 3.05) is 14.2 Å². The Hall–Kier alpha value is -1.78. The first-order valence-electron chi connectivity index (χ1n) is 6.18. The Bertz CT molecular complexity index is 594. The van der Waals surface area contributed by atoms with Crippen LogP contribution in [-0.4, -0.2) is 25.0 Å². The second-order valence-corrected chi connectivity index (χ2v) is 5.01. The minimum absolute atomic E-state index is 0.255. The van der Waals surface area contributed by atoms with Crippen LogP contribution in [0.1, 0.15) is 21.7 Å². The number of benzene rings is 1. The number of carbonyl (C=O) groups excluding carboxylic acids is 1. The van der Waals surface area contributed by atoms with Crippen LogP contribution in [0.15, 0.2) is 41.0 Å². The fraction of sp³-hybridized carbons (Fsp3) is 0.267. The third-order valence-electron chi connectivity index (χ3n) is 2.90. The van der Waals surface area contributed by atoms with Gasteiger partial charge in [-0.25, -0.2) is 4.79 Å². The van der Waals surface area contributed by atoms with E-state index in [1.54, 1.807) is 6.07 Å². The van der Waals surface area contributed by atoms with E-state index in [1.165, 1.54) is 13.4 Å². The van der Waals surface area contributed by atoms with Crippen molar-refractivity contribution in [2.24, 2.45) is 0 Å². The molecule has 5 heteroatoms. The molecule has 1 aromatic heterocycles. The predicted octanol–water partition coefficient (Wildman–Crippen LogP) is 3.35. The van der Waals surface area contributed by atoms with Gasteiger partial charge in [-0.1, -0.05) is 23.7 Å². The zero-order valence-corrected chi connectivity index (χ0v) is 12.2. The monoisotopic (exact) mass is 293 g/mol. The summed E-state index contributed by atoms with van der Waals surface area (Å²) in [7, 11) is 3.30. The summed E-state index contributed by atoms with van der Waals surface area (Å²) in [6.45, 7) is 1.32. The molecule has 1 heterocycles. The van der Waals surface area contributed by atoms with E-state index in [0.717, 1.165) is 22.7 Å². The number of ether oxygens (including phenoxy) is 1. The minimum atomic E-state index is -0.457. The van der Waals surface area contributed by atoms with E-state index in [9.17, 15) is 4.79 Å². The van der Waals surface area contributed by atoms with Gasteiger partial charge in [0.05, 0.1) is 13.4 Å². The molecule has 4 nitrogen and oxygen atoms in total. The Morgan fingerprint density at radius 3 is 2.85 bits per heavy atom. The fourth-order valence-corrected chi connectivity index (χ4v) is 2.24. The lowest BCUT2D eigenvalue weighted by molar-refractivity contribution is 0.0562. The lowest BCUT2D eigenvalue weighted by atomic mass is 10.2. The zero-order chi connectivity index (χ0) is 14.5. The van der Waals surface area contributed by atoms with Crippen LogP contribution in [0.2, 0.25) is 5.02 Å². The first-order valence-corrected chi connectivity index (χ1v) is 6.55. The maximum atomic E-state index is 11.5. The Morgan fingerprint density at radius 1 is 1.35 bits per heavy atom. The van der Waals surface area contributed by atoms with Crippen LogP contribution in [0.3, 0.4) is 0 Å². The summed E-state index contributed by atoms with van der Waals surface area (Å²) in [5.41, 5.74) is 1.92. The molecule has 106 valence electrons. The van der Waals surface area contributed by atoms with Crippen molar-refractivity contribution in [3.05, 3.63) is 58.5 Å². The number of esters is 1. The summed E-state index contributed by atoms with van der Waals surface area (Å²) < 4.78 is 9.85. The second-order valence-electron chi connectivity index (χ2n) is 4.57. The minimum Gasteiger partial charge on any atom is -0.463 e. The van der Waals surface area contributed by atoms with Crippen LogP contribution < -0.4 is 0 Å². The third kappa shape index (κ3) is 3.62. The Kier molecular flexibility index (Phi) is 4.82. The highest BCUT2D eigenvalue weighted by molar-refractivity contribution is 6.30. The molecule has 2 rings (SSSR count). The molecule has 0 unspecified atom stereocenters. The molecule has 0 aliphatic heterocycles. The Morgan fingerprint density at radius 2 is 2.15 bits per heavy atom. The molecule has 1 aromatic carbocycles. The highest BCUT2D eigenvalue weighted by Crippen LogP contribution is 2.16. The molecule has 0 saturated heterocycles. The largest absolute Gasteiger partial charge is 0.463 e. The summed E-state index contributed by atoms with van der Waals surface area (Å²) in [6, 6.07) is 9.48. The first-order chi connectivity index (χ1) is 9.60. The van der Waals surface area contributed by atoms with Gasteiger partial charge in [-0.2, -0.15) is 0 Å². The Balaban J connectivity index is 2.03. The van der Waals surface area contributed by atoms with Crippen molar-refractivity contribution in [3.8, 4) is 0 Å². The molecule has 0 spiro atoms.